The molecule has 7 nitrogen and oxygen atoms in total. The highest BCUT2D eigenvalue weighted by molar-refractivity contribution is 5.89. The molecule has 0 atom stereocenters. The van der Waals surface area contributed by atoms with Crippen LogP contribution in [-0.4, -0.2) is 37.5 Å². The maximum Gasteiger partial charge on any atom is 0.335 e. The van der Waals surface area contributed by atoms with Crippen LogP contribution >= 0.6 is 0 Å². The molecule has 0 bridgehead atoms. The van der Waals surface area contributed by atoms with Gasteiger partial charge in [-0.3, -0.25) is 4.79 Å². The second kappa shape index (κ2) is 14.7. The summed E-state index contributed by atoms with van der Waals surface area (Å²) in [5.74, 6) is -3.99. The molecule has 154 valence electrons. The molecule has 0 aliphatic carbocycles. The Morgan fingerprint density at radius 1 is 0.741 bits per heavy atom. The van der Waals surface area contributed by atoms with Gasteiger partial charge in [0, 0.05) is 6.42 Å². The van der Waals surface area contributed by atoms with Crippen molar-refractivity contribution in [1.29, 1.82) is 0 Å². The fraction of sp³-hybridized carbons (Fsp3) is 0.600. The van der Waals surface area contributed by atoms with E-state index in [1.165, 1.54) is 51.4 Å². The number of phenols is 3. The third-order valence-electron chi connectivity index (χ3n) is 4.06. The fourth-order valence-electron chi connectivity index (χ4n) is 2.49. The van der Waals surface area contributed by atoms with Gasteiger partial charge in [0.05, 0.1) is 5.56 Å². The van der Waals surface area contributed by atoms with Gasteiger partial charge in [-0.2, -0.15) is 0 Å². The highest BCUT2D eigenvalue weighted by Crippen LogP contribution is 2.35. The molecule has 0 fully saturated rings. The average Bonchev–Trinajstić information content (AvgIpc) is 2.61. The minimum Gasteiger partial charge on any atom is -0.504 e. The lowest BCUT2D eigenvalue weighted by molar-refractivity contribution is -0.137. The number of phenolic OH excluding ortho intramolecular Hbond substituents is 3. The van der Waals surface area contributed by atoms with Crippen molar-refractivity contribution < 1.29 is 35.1 Å². The molecule has 0 aliphatic rings. The van der Waals surface area contributed by atoms with Gasteiger partial charge in [-0.25, -0.2) is 4.79 Å². The van der Waals surface area contributed by atoms with Crippen LogP contribution in [-0.2, 0) is 4.79 Å². The lowest BCUT2D eigenvalue weighted by atomic mass is 10.1. The zero-order chi connectivity index (χ0) is 20.7. The van der Waals surface area contributed by atoms with Gasteiger partial charge < -0.3 is 25.5 Å². The summed E-state index contributed by atoms with van der Waals surface area (Å²) in [6, 6.07) is 1.69. The normalized spacial score (nSPS) is 10.1. The lowest BCUT2D eigenvalue weighted by Crippen LogP contribution is -1.95. The highest BCUT2D eigenvalue weighted by atomic mass is 16.4. The monoisotopic (exact) mass is 384 g/mol. The quantitative estimate of drug-likeness (QED) is 0.256. The topological polar surface area (TPSA) is 135 Å². The van der Waals surface area contributed by atoms with E-state index in [0.717, 1.165) is 25.0 Å². The van der Waals surface area contributed by atoms with E-state index in [4.69, 9.17) is 25.5 Å². The molecule has 0 saturated heterocycles. The Balaban J connectivity index is 0.000000511. The molecule has 0 saturated carbocycles. The van der Waals surface area contributed by atoms with Crippen LogP contribution in [0.3, 0.4) is 0 Å². The minimum atomic E-state index is -1.29. The molecule has 0 unspecified atom stereocenters. The van der Waals surface area contributed by atoms with E-state index >= 15 is 0 Å². The van der Waals surface area contributed by atoms with Gasteiger partial charge in [-0.1, -0.05) is 64.7 Å². The van der Waals surface area contributed by atoms with Gasteiger partial charge in [0.25, 0.3) is 0 Å². The first-order valence-electron chi connectivity index (χ1n) is 9.49. The zero-order valence-electron chi connectivity index (χ0n) is 16.0. The van der Waals surface area contributed by atoms with Crippen molar-refractivity contribution in [3.05, 3.63) is 17.7 Å². The van der Waals surface area contributed by atoms with Crippen molar-refractivity contribution in [3.63, 3.8) is 0 Å². The van der Waals surface area contributed by atoms with Crippen LogP contribution in [0.15, 0.2) is 12.1 Å². The second-order valence-electron chi connectivity index (χ2n) is 6.49. The van der Waals surface area contributed by atoms with Crippen molar-refractivity contribution in [2.24, 2.45) is 0 Å². The van der Waals surface area contributed by atoms with E-state index in [9.17, 15) is 9.59 Å². The number of unbranched alkanes of at least 4 members (excludes halogenated alkanes) is 9. The maximum absolute atomic E-state index is 10.3. The summed E-state index contributed by atoms with van der Waals surface area (Å²) in [7, 11) is 0. The summed E-state index contributed by atoms with van der Waals surface area (Å²) in [6.07, 6.45) is 12.9. The molecule has 0 aliphatic heterocycles. The molecule has 1 aromatic rings. The number of carboxylic acid groups (broad SMARTS) is 2. The molecule has 5 N–H and O–H groups in total. The van der Waals surface area contributed by atoms with Crippen molar-refractivity contribution in [2.75, 3.05) is 0 Å². The van der Waals surface area contributed by atoms with Crippen LogP contribution < -0.4 is 0 Å². The number of aliphatic carboxylic acids is 1. The summed E-state index contributed by atoms with van der Waals surface area (Å²) >= 11 is 0. The van der Waals surface area contributed by atoms with E-state index < -0.39 is 29.2 Å². The van der Waals surface area contributed by atoms with Gasteiger partial charge in [0.15, 0.2) is 17.2 Å². The Morgan fingerprint density at radius 3 is 1.52 bits per heavy atom. The lowest BCUT2D eigenvalue weighted by Gasteiger charge is -2.01. The summed E-state index contributed by atoms with van der Waals surface area (Å²) < 4.78 is 0. The SMILES string of the molecule is CCCCCCCCCCCCC(=O)O.O=C(O)c1cc(O)c(O)c(O)c1. The van der Waals surface area contributed by atoms with E-state index in [2.05, 4.69) is 6.92 Å². The minimum absolute atomic E-state index is 0.289. The predicted octanol–water partition coefficient (Wildman–Crippen LogP) is 4.88. The largest absolute Gasteiger partial charge is 0.504 e. The number of aromatic carboxylic acids is 1. The summed E-state index contributed by atoms with van der Waals surface area (Å²) in [6.45, 7) is 2.24. The number of carbonyl (C=O) groups is 2. The van der Waals surface area contributed by atoms with Crippen LogP contribution in [0.2, 0.25) is 0 Å². The van der Waals surface area contributed by atoms with Crippen LogP contribution in [0, 0.1) is 0 Å². The smallest absolute Gasteiger partial charge is 0.335 e. The third kappa shape index (κ3) is 12.5. The molecule has 1 aromatic carbocycles. The molecule has 0 heterocycles. The first-order chi connectivity index (χ1) is 12.8. The van der Waals surface area contributed by atoms with Gasteiger partial charge in [0.1, 0.15) is 0 Å². The maximum atomic E-state index is 10.3. The molecular formula is C20H32O7. The van der Waals surface area contributed by atoms with E-state index in [-0.39, 0.29) is 5.56 Å². The van der Waals surface area contributed by atoms with Crippen LogP contribution in [0.25, 0.3) is 0 Å². The number of aromatic hydroxyl groups is 3. The molecule has 1 rings (SSSR count). The Morgan fingerprint density at radius 2 is 1.15 bits per heavy atom. The van der Waals surface area contributed by atoms with Gasteiger partial charge in [0.2, 0.25) is 0 Å². The molecule has 0 spiro atoms. The van der Waals surface area contributed by atoms with Crippen LogP contribution in [0.1, 0.15) is 87.9 Å². The van der Waals surface area contributed by atoms with Gasteiger partial charge >= 0.3 is 11.9 Å². The molecule has 7 heteroatoms. The Kier molecular flexibility index (Phi) is 13.4. The predicted molar refractivity (Wildman–Crippen MR) is 102 cm³/mol. The number of hydrogen-bond acceptors (Lipinski definition) is 5. The Labute approximate surface area is 160 Å². The number of benzene rings is 1. The molecular weight excluding hydrogens is 352 g/mol. The van der Waals surface area contributed by atoms with E-state index in [1.54, 1.807) is 0 Å². The fourth-order valence-corrected chi connectivity index (χ4v) is 2.49. The van der Waals surface area contributed by atoms with E-state index in [1.807, 2.05) is 0 Å². The second-order valence-corrected chi connectivity index (χ2v) is 6.49. The van der Waals surface area contributed by atoms with Crippen LogP contribution in [0.5, 0.6) is 17.2 Å². The molecule has 0 aromatic heterocycles. The van der Waals surface area contributed by atoms with E-state index in [0.29, 0.717) is 6.42 Å². The summed E-state index contributed by atoms with van der Waals surface area (Å²) in [4.78, 5) is 20.5. The first kappa shape index (κ1) is 24.6. The standard InChI is InChI=1S/C13H26O2.C7H6O5/c1-2-3-4-5-6-7-8-9-10-11-12-13(14)15;8-4-1-3(7(11)12)2-5(9)6(4)10/h2-12H2,1H3,(H,14,15);1-2,8-10H,(H,11,12). The molecule has 27 heavy (non-hydrogen) atoms. The van der Waals surface area contributed by atoms with Gasteiger partial charge in [-0.15, -0.1) is 0 Å². The van der Waals surface area contributed by atoms with Gasteiger partial charge in [-0.05, 0) is 18.6 Å². The zero-order valence-corrected chi connectivity index (χ0v) is 16.0. The van der Waals surface area contributed by atoms with Crippen molar-refractivity contribution in [3.8, 4) is 17.2 Å². The van der Waals surface area contributed by atoms with Crippen molar-refractivity contribution in [2.45, 2.75) is 77.6 Å². The highest BCUT2D eigenvalue weighted by Gasteiger charge is 2.11. The molecule has 0 radical (unpaired) electrons. The average molecular weight is 384 g/mol. The third-order valence-corrected chi connectivity index (χ3v) is 4.06. The van der Waals surface area contributed by atoms with Crippen molar-refractivity contribution in [1.82, 2.24) is 0 Å². The Bertz CT molecular complexity index is 546. The number of rotatable bonds is 12. The number of hydrogen-bond donors (Lipinski definition) is 5. The molecule has 0 amide bonds. The summed E-state index contributed by atoms with van der Waals surface area (Å²) in [5.41, 5.74) is -0.289. The first-order valence-corrected chi connectivity index (χ1v) is 9.49. The summed E-state index contributed by atoms with van der Waals surface area (Å²) in [5, 5.41) is 43.4. The number of carboxylic acids is 2. The Hall–Kier alpha value is -2.44. The van der Waals surface area contributed by atoms with Crippen molar-refractivity contribution >= 4 is 11.9 Å². The van der Waals surface area contributed by atoms with Crippen LogP contribution in [0.4, 0.5) is 0 Å².